The Morgan fingerprint density at radius 2 is 2.00 bits per heavy atom. The summed E-state index contributed by atoms with van der Waals surface area (Å²) < 4.78 is 5.55. The molecule has 0 atom stereocenters. The van der Waals surface area contributed by atoms with Crippen LogP contribution >= 0.6 is 23.2 Å². The summed E-state index contributed by atoms with van der Waals surface area (Å²) in [5.74, 6) is 0.888. The number of alkyl halides is 1. The monoisotopic (exact) mass is 261 g/mol. The molecule has 1 rings (SSSR count). The van der Waals surface area contributed by atoms with Crippen LogP contribution in [0.4, 0.5) is 0 Å². The van der Waals surface area contributed by atoms with Gasteiger partial charge in [0.1, 0.15) is 0 Å². The number of hydrogen-bond acceptors (Lipinski definition) is 2. The van der Waals surface area contributed by atoms with Crippen molar-refractivity contribution in [2.45, 2.75) is 33.1 Å². The van der Waals surface area contributed by atoms with Crippen LogP contribution in [-0.4, -0.2) is 11.6 Å². The lowest BCUT2D eigenvalue weighted by Gasteiger charge is -2.17. The fourth-order valence-electron chi connectivity index (χ4n) is 1.10. The van der Waals surface area contributed by atoms with E-state index in [0.717, 1.165) is 6.42 Å². The van der Waals surface area contributed by atoms with Crippen LogP contribution in [0.5, 0.6) is 5.88 Å². The largest absolute Gasteiger partial charge is 0.478 e. The summed E-state index contributed by atoms with van der Waals surface area (Å²) in [5.41, 5.74) is 0.929. The van der Waals surface area contributed by atoms with Crippen LogP contribution in [0.25, 0.3) is 0 Å². The summed E-state index contributed by atoms with van der Waals surface area (Å²) >= 11 is 11.6. The third kappa shape index (κ3) is 4.58. The molecule has 1 aromatic heterocycles. The molecule has 1 heterocycles. The molecule has 90 valence electrons. The Labute approximate surface area is 107 Å². The van der Waals surface area contributed by atoms with Crippen LogP contribution < -0.4 is 4.74 Å². The van der Waals surface area contributed by atoms with E-state index in [-0.39, 0.29) is 5.41 Å². The highest BCUT2D eigenvalue weighted by Gasteiger charge is 2.10. The predicted octanol–water partition coefficient (Wildman–Crippen LogP) is 4.29. The molecule has 0 amide bonds. The minimum atomic E-state index is 0.266. The summed E-state index contributed by atoms with van der Waals surface area (Å²) in [6.07, 6.45) is 0.980. The Kier molecular flexibility index (Phi) is 4.88. The number of ether oxygens (including phenoxy) is 1. The average Bonchev–Trinajstić information content (AvgIpc) is 2.18. The van der Waals surface area contributed by atoms with Crippen LogP contribution in [0.3, 0.4) is 0 Å². The zero-order valence-electron chi connectivity index (χ0n) is 9.89. The fraction of sp³-hybridized carbons (Fsp3) is 0.583. The van der Waals surface area contributed by atoms with Gasteiger partial charge in [-0.1, -0.05) is 32.4 Å². The molecule has 0 aliphatic rings. The maximum atomic E-state index is 5.90. The van der Waals surface area contributed by atoms with Crippen molar-refractivity contribution in [2.24, 2.45) is 5.41 Å². The standard InChI is InChI=1S/C12H17Cl2NO/c1-12(2,3)6-7-16-11-5-4-9(14)10(8-13)15-11/h4-5H,6-8H2,1-3H3. The van der Waals surface area contributed by atoms with E-state index in [0.29, 0.717) is 29.1 Å². The topological polar surface area (TPSA) is 22.1 Å². The van der Waals surface area contributed by atoms with E-state index >= 15 is 0 Å². The molecular formula is C12H17Cl2NO. The van der Waals surface area contributed by atoms with Crippen molar-refractivity contribution in [2.75, 3.05) is 6.61 Å². The van der Waals surface area contributed by atoms with Gasteiger partial charge in [0.2, 0.25) is 5.88 Å². The normalized spacial score (nSPS) is 11.6. The van der Waals surface area contributed by atoms with E-state index in [1.165, 1.54) is 0 Å². The highest BCUT2D eigenvalue weighted by atomic mass is 35.5. The van der Waals surface area contributed by atoms with Gasteiger partial charge in [-0.05, 0) is 17.9 Å². The Morgan fingerprint density at radius 1 is 1.31 bits per heavy atom. The first kappa shape index (κ1) is 13.6. The van der Waals surface area contributed by atoms with Crippen molar-refractivity contribution < 1.29 is 4.74 Å². The van der Waals surface area contributed by atoms with Gasteiger partial charge in [0.25, 0.3) is 0 Å². The molecule has 1 aromatic rings. The molecule has 0 aromatic carbocycles. The molecule has 0 unspecified atom stereocenters. The molecule has 0 saturated carbocycles. The van der Waals surface area contributed by atoms with Crippen molar-refractivity contribution in [1.82, 2.24) is 4.98 Å². The van der Waals surface area contributed by atoms with Crippen molar-refractivity contribution in [3.05, 3.63) is 22.8 Å². The van der Waals surface area contributed by atoms with Crippen LogP contribution in [0.1, 0.15) is 32.9 Å². The summed E-state index contributed by atoms with van der Waals surface area (Å²) in [4.78, 5) is 4.22. The Morgan fingerprint density at radius 3 is 2.56 bits per heavy atom. The van der Waals surface area contributed by atoms with Gasteiger partial charge in [-0.15, -0.1) is 11.6 Å². The molecule has 0 saturated heterocycles. The summed E-state index contributed by atoms with van der Waals surface area (Å²) in [5, 5.41) is 0.582. The second-order valence-electron chi connectivity index (χ2n) is 4.87. The molecule has 0 aliphatic carbocycles. The molecule has 0 fully saturated rings. The van der Waals surface area contributed by atoms with Gasteiger partial charge in [-0.2, -0.15) is 0 Å². The predicted molar refractivity (Wildman–Crippen MR) is 68.4 cm³/mol. The lowest BCUT2D eigenvalue weighted by Crippen LogP contribution is -2.11. The molecule has 0 bridgehead atoms. The lowest BCUT2D eigenvalue weighted by molar-refractivity contribution is 0.236. The highest BCUT2D eigenvalue weighted by Crippen LogP contribution is 2.21. The minimum Gasteiger partial charge on any atom is -0.478 e. The molecule has 4 heteroatoms. The first-order valence-electron chi connectivity index (χ1n) is 5.26. The molecule has 16 heavy (non-hydrogen) atoms. The van der Waals surface area contributed by atoms with Crippen molar-refractivity contribution >= 4 is 23.2 Å². The molecule has 0 spiro atoms. The molecule has 0 N–H and O–H groups in total. The Balaban J connectivity index is 2.55. The quantitative estimate of drug-likeness (QED) is 0.755. The van der Waals surface area contributed by atoms with E-state index in [2.05, 4.69) is 25.8 Å². The van der Waals surface area contributed by atoms with Crippen LogP contribution in [-0.2, 0) is 5.88 Å². The van der Waals surface area contributed by atoms with Gasteiger partial charge < -0.3 is 4.74 Å². The van der Waals surface area contributed by atoms with E-state index < -0.39 is 0 Å². The summed E-state index contributed by atoms with van der Waals surface area (Å²) in [6, 6.07) is 3.53. The Hall–Kier alpha value is -0.470. The first-order valence-corrected chi connectivity index (χ1v) is 6.18. The second-order valence-corrected chi connectivity index (χ2v) is 5.55. The summed E-state index contributed by atoms with van der Waals surface area (Å²) in [7, 11) is 0. The van der Waals surface area contributed by atoms with Crippen molar-refractivity contribution in [1.29, 1.82) is 0 Å². The van der Waals surface area contributed by atoms with Crippen LogP contribution in [0.15, 0.2) is 12.1 Å². The number of aromatic nitrogens is 1. The van der Waals surface area contributed by atoms with Gasteiger partial charge in [0.05, 0.1) is 23.2 Å². The third-order valence-electron chi connectivity index (χ3n) is 2.12. The number of nitrogens with zero attached hydrogens (tertiary/aromatic N) is 1. The van der Waals surface area contributed by atoms with Crippen LogP contribution in [0.2, 0.25) is 5.02 Å². The van der Waals surface area contributed by atoms with Gasteiger partial charge >= 0.3 is 0 Å². The van der Waals surface area contributed by atoms with E-state index in [1.54, 1.807) is 12.1 Å². The van der Waals surface area contributed by atoms with Gasteiger partial charge in [0.15, 0.2) is 0 Å². The fourth-order valence-corrected chi connectivity index (χ4v) is 1.54. The van der Waals surface area contributed by atoms with Crippen LogP contribution in [0, 0.1) is 5.41 Å². The zero-order valence-corrected chi connectivity index (χ0v) is 11.4. The molecule has 2 nitrogen and oxygen atoms in total. The highest BCUT2D eigenvalue weighted by molar-refractivity contribution is 6.32. The van der Waals surface area contributed by atoms with Gasteiger partial charge in [-0.25, -0.2) is 4.98 Å². The van der Waals surface area contributed by atoms with E-state index in [1.807, 2.05) is 0 Å². The number of pyridine rings is 1. The first-order chi connectivity index (χ1) is 7.42. The number of rotatable bonds is 4. The van der Waals surface area contributed by atoms with E-state index in [4.69, 9.17) is 27.9 Å². The molecule has 0 aliphatic heterocycles. The average molecular weight is 262 g/mol. The Bertz CT molecular complexity index is 347. The van der Waals surface area contributed by atoms with Crippen molar-refractivity contribution in [3.8, 4) is 5.88 Å². The number of hydrogen-bond donors (Lipinski definition) is 0. The second kappa shape index (κ2) is 5.74. The van der Waals surface area contributed by atoms with Gasteiger partial charge in [0, 0.05) is 6.07 Å². The van der Waals surface area contributed by atoms with Crippen molar-refractivity contribution in [3.63, 3.8) is 0 Å². The zero-order chi connectivity index (χ0) is 12.2. The lowest BCUT2D eigenvalue weighted by atomic mass is 9.93. The third-order valence-corrected chi connectivity index (χ3v) is 2.72. The maximum Gasteiger partial charge on any atom is 0.213 e. The maximum absolute atomic E-state index is 5.90. The SMILES string of the molecule is CC(C)(C)CCOc1ccc(Cl)c(CCl)n1. The minimum absolute atomic E-state index is 0.266. The number of halogens is 2. The smallest absolute Gasteiger partial charge is 0.213 e. The van der Waals surface area contributed by atoms with E-state index in [9.17, 15) is 0 Å². The van der Waals surface area contributed by atoms with Gasteiger partial charge in [-0.3, -0.25) is 0 Å². The summed E-state index contributed by atoms with van der Waals surface area (Å²) in [6.45, 7) is 7.18. The molecular weight excluding hydrogens is 245 g/mol. The molecule has 0 radical (unpaired) electrons.